The summed E-state index contributed by atoms with van der Waals surface area (Å²) >= 11 is 4.96. The number of carbonyl (C=O) groups excluding carboxylic acids is 1. The second-order valence-corrected chi connectivity index (χ2v) is 9.56. The molecule has 1 amide bonds. The fourth-order valence-electron chi connectivity index (χ4n) is 3.13. The van der Waals surface area contributed by atoms with Crippen molar-refractivity contribution >= 4 is 39.9 Å². The predicted molar refractivity (Wildman–Crippen MR) is 117 cm³/mol. The van der Waals surface area contributed by atoms with Crippen LogP contribution in [0.2, 0.25) is 0 Å². The van der Waals surface area contributed by atoms with Crippen molar-refractivity contribution in [1.82, 2.24) is 19.9 Å². The summed E-state index contributed by atoms with van der Waals surface area (Å²) in [5.74, 6) is -0.0391. The molecule has 0 aliphatic carbocycles. The maximum atomic E-state index is 12.7. The van der Waals surface area contributed by atoms with Crippen LogP contribution in [0.15, 0.2) is 35.2 Å². The third-order valence-electron chi connectivity index (χ3n) is 4.48. The van der Waals surface area contributed by atoms with E-state index in [9.17, 15) is 4.79 Å². The van der Waals surface area contributed by atoms with Gasteiger partial charge in [-0.15, -0.1) is 34.0 Å². The van der Waals surface area contributed by atoms with Gasteiger partial charge >= 0.3 is 0 Å². The second-order valence-electron chi connectivity index (χ2n) is 6.46. The number of aryl methyl sites for hydroxylation is 2. The molecule has 144 valence electrons. The number of thiazole rings is 2. The summed E-state index contributed by atoms with van der Waals surface area (Å²) in [5.41, 5.74) is 3.68. The summed E-state index contributed by atoms with van der Waals surface area (Å²) in [5, 5.41) is 9.04. The molecule has 0 aliphatic heterocycles. The summed E-state index contributed by atoms with van der Waals surface area (Å²) in [6.07, 6.45) is 2.59. The molecule has 0 bridgehead atoms. The number of rotatable bonds is 6. The lowest BCUT2D eigenvalue weighted by atomic mass is 10.2. The standard InChI is InChI=1S/C20H20N4OS3/c1-12-10-16(13(2)24(12)20-22-8-9-26-20)19(25)21-7-6-15-4-5-18(28-15)17-11-27-14(3)23-17/h4-5,8-11H,6-7H2,1-3H3,(H,21,25). The highest BCUT2D eigenvalue weighted by molar-refractivity contribution is 7.16. The number of hydrogen-bond acceptors (Lipinski definition) is 6. The third-order valence-corrected chi connectivity index (χ3v) is 7.17. The number of carbonyl (C=O) groups is 1. The van der Waals surface area contributed by atoms with Crippen molar-refractivity contribution in [2.24, 2.45) is 0 Å². The van der Waals surface area contributed by atoms with Gasteiger partial charge in [-0.1, -0.05) is 0 Å². The first kappa shape index (κ1) is 19.0. The molecule has 0 atom stereocenters. The van der Waals surface area contributed by atoms with E-state index in [2.05, 4.69) is 32.8 Å². The molecule has 0 saturated heterocycles. The van der Waals surface area contributed by atoms with E-state index in [4.69, 9.17) is 0 Å². The molecule has 4 rings (SSSR count). The molecule has 5 nitrogen and oxygen atoms in total. The van der Waals surface area contributed by atoms with E-state index in [1.165, 1.54) is 9.75 Å². The molecule has 0 radical (unpaired) electrons. The summed E-state index contributed by atoms with van der Waals surface area (Å²) < 4.78 is 2.03. The zero-order chi connectivity index (χ0) is 19.7. The Hall–Kier alpha value is -2.29. The summed E-state index contributed by atoms with van der Waals surface area (Å²) in [4.78, 5) is 24.0. The molecule has 8 heteroatoms. The van der Waals surface area contributed by atoms with Crippen LogP contribution in [0.3, 0.4) is 0 Å². The van der Waals surface area contributed by atoms with Gasteiger partial charge in [-0.05, 0) is 45.4 Å². The van der Waals surface area contributed by atoms with Crippen molar-refractivity contribution in [3.05, 3.63) is 62.0 Å². The van der Waals surface area contributed by atoms with Gasteiger partial charge in [0, 0.05) is 39.8 Å². The van der Waals surface area contributed by atoms with E-state index in [0.29, 0.717) is 12.1 Å². The van der Waals surface area contributed by atoms with Gasteiger partial charge in [0.25, 0.3) is 5.91 Å². The maximum absolute atomic E-state index is 12.7. The number of amides is 1. The third kappa shape index (κ3) is 3.80. The molecule has 0 unspecified atom stereocenters. The van der Waals surface area contributed by atoms with Crippen LogP contribution in [0.4, 0.5) is 0 Å². The van der Waals surface area contributed by atoms with Crippen LogP contribution in [-0.4, -0.2) is 27.0 Å². The Bertz CT molecular complexity index is 1100. The fraction of sp³-hybridized carbons (Fsp3) is 0.250. The Morgan fingerprint density at radius 2 is 2.07 bits per heavy atom. The average Bonchev–Trinajstić information content (AvgIpc) is 3.43. The lowest BCUT2D eigenvalue weighted by Gasteiger charge is -2.06. The van der Waals surface area contributed by atoms with Crippen molar-refractivity contribution in [2.75, 3.05) is 6.54 Å². The van der Waals surface area contributed by atoms with E-state index in [1.54, 1.807) is 40.2 Å². The van der Waals surface area contributed by atoms with E-state index >= 15 is 0 Å². The van der Waals surface area contributed by atoms with E-state index in [1.807, 2.05) is 36.8 Å². The van der Waals surface area contributed by atoms with Crippen LogP contribution in [0.25, 0.3) is 15.7 Å². The highest BCUT2D eigenvalue weighted by Crippen LogP contribution is 2.29. The van der Waals surface area contributed by atoms with E-state index in [0.717, 1.165) is 33.6 Å². The number of nitrogens with zero attached hydrogens (tertiary/aromatic N) is 3. The van der Waals surface area contributed by atoms with Gasteiger partial charge in [0.05, 0.1) is 21.1 Å². The highest BCUT2D eigenvalue weighted by atomic mass is 32.1. The first-order chi connectivity index (χ1) is 13.5. The van der Waals surface area contributed by atoms with Gasteiger partial charge in [-0.25, -0.2) is 9.97 Å². The minimum Gasteiger partial charge on any atom is -0.352 e. The molecule has 0 spiro atoms. The summed E-state index contributed by atoms with van der Waals surface area (Å²) in [6.45, 7) is 6.59. The minimum atomic E-state index is -0.0391. The van der Waals surface area contributed by atoms with Crippen LogP contribution in [-0.2, 0) is 6.42 Å². The second kappa shape index (κ2) is 7.98. The molecule has 4 aromatic heterocycles. The molecular weight excluding hydrogens is 408 g/mol. The molecular formula is C20H20N4OS3. The summed E-state index contributed by atoms with van der Waals surface area (Å²) in [7, 11) is 0. The quantitative estimate of drug-likeness (QED) is 0.469. The number of thiophene rings is 1. The molecule has 1 N–H and O–H groups in total. The normalized spacial score (nSPS) is 11.1. The van der Waals surface area contributed by atoms with Gasteiger partial charge in [0.1, 0.15) is 0 Å². The van der Waals surface area contributed by atoms with Gasteiger partial charge in [-0.3, -0.25) is 9.36 Å². The Morgan fingerprint density at radius 3 is 2.79 bits per heavy atom. The molecule has 4 heterocycles. The number of aromatic nitrogens is 3. The van der Waals surface area contributed by atoms with Crippen molar-refractivity contribution in [3.8, 4) is 15.7 Å². The largest absolute Gasteiger partial charge is 0.352 e. The predicted octanol–water partition coefficient (Wildman–Crippen LogP) is 5.02. The summed E-state index contributed by atoms with van der Waals surface area (Å²) in [6, 6.07) is 6.16. The van der Waals surface area contributed by atoms with Crippen molar-refractivity contribution < 1.29 is 4.79 Å². The highest BCUT2D eigenvalue weighted by Gasteiger charge is 2.17. The molecule has 0 saturated carbocycles. The zero-order valence-electron chi connectivity index (χ0n) is 15.9. The fourth-order valence-corrected chi connectivity index (χ4v) is 5.54. The minimum absolute atomic E-state index is 0.0391. The van der Waals surface area contributed by atoms with Crippen LogP contribution in [0.1, 0.15) is 31.6 Å². The monoisotopic (exact) mass is 428 g/mol. The topological polar surface area (TPSA) is 59.8 Å². The van der Waals surface area contributed by atoms with Crippen LogP contribution >= 0.6 is 34.0 Å². The average molecular weight is 429 g/mol. The number of nitrogens with one attached hydrogen (secondary N) is 1. The zero-order valence-corrected chi connectivity index (χ0v) is 18.3. The van der Waals surface area contributed by atoms with Gasteiger partial charge < -0.3 is 5.32 Å². The smallest absolute Gasteiger partial charge is 0.253 e. The number of hydrogen-bond donors (Lipinski definition) is 1. The Balaban J connectivity index is 1.39. The SMILES string of the molecule is Cc1nc(-c2ccc(CCNC(=O)c3cc(C)n(-c4nccs4)c3C)s2)cs1. The lowest BCUT2D eigenvalue weighted by molar-refractivity contribution is 0.0953. The van der Waals surface area contributed by atoms with Gasteiger partial charge in [0.2, 0.25) is 0 Å². The Morgan fingerprint density at radius 1 is 1.21 bits per heavy atom. The van der Waals surface area contributed by atoms with Crippen molar-refractivity contribution in [3.63, 3.8) is 0 Å². The molecule has 0 aromatic carbocycles. The van der Waals surface area contributed by atoms with Crippen molar-refractivity contribution in [1.29, 1.82) is 0 Å². The molecule has 0 aliphatic rings. The maximum Gasteiger partial charge on any atom is 0.253 e. The van der Waals surface area contributed by atoms with Gasteiger partial charge in [0.15, 0.2) is 5.13 Å². The first-order valence-electron chi connectivity index (χ1n) is 8.91. The van der Waals surface area contributed by atoms with Crippen LogP contribution in [0.5, 0.6) is 0 Å². The molecule has 28 heavy (non-hydrogen) atoms. The van der Waals surface area contributed by atoms with Crippen LogP contribution in [0, 0.1) is 20.8 Å². The lowest BCUT2D eigenvalue weighted by Crippen LogP contribution is -2.25. The first-order valence-corrected chi connectivity index (χ1v) is 11.5. The van der Waals surface area contributed by atoms with Gasteiger partial charge in [-0.2, -0.15) is 0 Å². The van der Waals surface area contributed by atoms with Crippen LogP contribution < -0.4 is 5.32 Å². The Kier molecular flexibility index (Phi) is 5.43. The van der Waals surface area contributed by atoms with Crippen molar-refractivity contribution in [2.45, 2.75) is 27.2 Å². The Labute approximate surface area is 175 Å². The molecule has 4 aromatic rings. The molecule has 0 fully saturated rings. The van der Waals surface area contributed by atoms with E-state index < -0.39 is 0 Å². The van der Waals surface area contributed by atoms with E-state index in [-0.39, 0.29) is 5.91 Å².